The van der Waals surface area contributed by atoms with E-state index in [4.69, 9.17) is 4.74 Å². The number of rotatable bonds is 4. The molecule has 0 unspecified atom stereocenters. The van der Waals surface area contributed by atoms with Crippen molar-refractivity contribution in [3.63, 3.8) is 0 Å². The summed E-state index contributed by atoms with van der Waals surface area (Å²) in [5.41, 5.74) is 4.32. The minimum Gasteiger partial charge on any atom is -0.383 e. The number of nitrogens with zero attached hydrogens (tertiary/aromatic N) is 4. The lowest BCUT2D eigenvalue weighted by molar-refractivity contribution is 0.187. The Bertz CT molecular complexity index is 698. The van der Waals surface area contributed by atoms with Gasteiger partial charge in [-0.1, -0.05) is 0 Å². The van der Waals surface area contributed by atoms with E-state index in [9.17, 15) is 0 Å². The van der Waals surface area contributed by atoms with E-state index in [1.807, 2.05) is 34.0 Å². The minimum absolute atomic E-state index is 0.688. The third-order valence-corrected chi connectivity index (χ3v) is 3.19. The lowest BCUT2D eigenvalue weighted by atomic mass is 10.2. The quantitative estimate of drug-likeness (QED) is 0.718. The van der Waals surface area contributed by atoms with Gasteiger partial charge in [-0.15, -0.1) is 0 Å². The van der Waals surface area contributed by atoms with Crippen LogP contribution in [0.3, 0.4) is 0 Å². The van der Waals surface area contributed by atoms with Crippen LogP contribution in [0.25, 0.3) is 16.8 Å². The zero-order valence-corrected chi connectivity index (χ0v) is 11.1. The van der Waals surface area contributed by atoms with Crippen molar-refractivity contribution in [1.29, 1.82) is 0 Å². The summed E-state index contributed by atoms with van der Waals surface area (Å²) in [5, 5.41) is 4.32. The molecule has 0 aliphatic heterocycles. The lowest BCUT2D eigenvalue weighted by Gasteiger charge is -2.00. The zero-order valence-electron chi connectivity index (χ0n) is 11.1. The second kappa shape index (κ2) is 4.85. The monoisotopic (exact) mass is 256 g/mol. The van der Waals surface area contributed by atoms with Crippen molar-refractivity contribution >= 4 is 5.52 Å². The van der Waals surface area contributed by atoms with Crippen molar-refractivity contribution in [2.45, 2.75) is 13.5 Å². The molecule has 0 atom stereocenters. The van der Waals surface area contributed by atoms with E-state index in [2.05, 4.69) is 29.1 Å². The Morgan fingerprint density at radius 2 is 2.16 bits per heavy atom. The van der Waals surface area contributed by atoms with Crippen molar-refractivity contribution in [2.24, 2.45) is 0 Å². The Hall–Kier alpha value is -2.14. The fourth-order valence-electron chi connectivity index (χ4n) is 2.09. The Balaban J connectivity index is 1.92. The lowest BCUT2D eigenvalue weighted by Crippen LogP contribution is -2.00. The van der Waals surface area contributed by atoms with Crippen molar-refractivity contribution in [1.82, 2.24) is 19.2 Å². The number of ether oxygens (including phenoxy) is 1. The molecule has 0 spiro atoms. The van der Waals surface area contributed by atoms with Crippen molar-refractivity contribution in [3.8, 4) is 11.3 Å². The Morgan fingerprint density at radius 3 is 3.00 bits per heavy atom. The Morgan fingerprint density at radius 1 is 1.26 bits per heavy atom. The van der Waals surface area contributed by atoms with E-state index in [0.717, 1.165) is 23.3 Å². The zero-order chi connectivity index (χ0) is 13.2. The second-order valence-electron chi connectivity index (χ2n) is 4.56. The highest BCUT2D eigenvalue weighted by molar-refractivity contribution is 5.63. The summed E-state index contributed by atoms with van der Waals surface area (Å²) in [6, 6.07) is 4.15. The van der Waals surface area contributed by atoms with Gasteiger partial charge in [-0.3, -0.25) is 0 Å². The largest absolute Gasteiger partial charge is 0.383 e. The van der Waals surface area contributed by atoms with E-state index < -0.39 is 0 Å². The van der Waals surface area contributed by atoms with E-state index in [0.29, 0.717) is 6.61 Å². The molecule has 5 nitrogen and oxygen atoms in total. The number of methoxy groups -OCH3 is 1. The highest BCUT2D eigenvalue weighted by atomic mass is 16.5. The van der Waals surface area contributed by atoms with Crippen LogP contribution in [-0.2, 0) is 11.3 Å². The smallest absolute Gasteiger partial charge is 0.0954 e. The summed E-state index contributed by atoms with van der Waals surface area (Å²) in [6.45, 7) is 3.56. The number of aryl methyl sites for hydroxylation is 1. The van der Waals surface area contributed by atoms with Crippen LogP contribution in [0.5, 0.6) is 0 Å². The molecule has 0 saturated carbocycles. The summed E-state index contributed by atoms with van der Waals surface area (Å²) in [4.78, 5) is 4.42. The van der Waals surface area contributed by atoms with Crippen LogP contribution in [0, 0.1) is 6.92 Å². The average Bonchev–Trinajstić information content (AvgIpc) is 3.04. The van der Waals surface area contributed by atoms with E-state index >= 15 is 0 Å². The molecule has 0 bridgehead atoms. The van der Waals surface area contributed by atoms with Crippen molar-refractivity contribution in [2.75, 3.05) is 13.7 Å². The molecule has 0 aliphatic carbocycles. The Kier molecular flexibility index (Phi) is 3.05. The minimum atomic E-state index is 0.688. The van der Waals surface area contributed by atoms with Crippen LogP contribution in [0.4, 0.5) is 0 Å². The second-order valence-corrected chi connectivity index (χ2v) is 4.56. The number of fused-ring (bicyclic) bond motifs is 1. The molecule has 0 aromatic carbocycles. The van der Waals surface area contributed by atoms with Crippen LogP contribution in [0.2, 0.25) is 0 Å². The first-order valence-corrected chi connectivity index (χ1v) is 6.23. The van der Waals surface area contributed by atoms with Gasteiger partial charge < -0.3 is 9.30 Å². The first kappa shape index (κ1) is 11.9. The topological polar surface area (TPSA) is 44.3 Å². The number of aromatic nitrogens is 4. The third kappa shape index (κ3) is 2.24. The first-order valence-electron chi connectivity index (χ1n) is 6.23. The molecular formula is C14H16N4O. The average molecular weight is 256 g/mol. The molecule has 98 valence electrons. The summed E-state index contributed by atoms with van der Waals surface area (Å²) in [6.07, 6.45) is 7.73. The molecule has 3 rings (SSSR count). The normalized spacial score (nSPS) is 11.3. The number of imidazole rings is 1. The number of pyridine rings is 1. The molecule has 3 heterocycles. The maximum Gasteiger partial charge on any atom is 0.0954 e. The maximum atomic E-state index is 5.06. The molecule has 3 aromatic heterocycles. The highest BCUT2D eigenvalue weighted by Gasteiger charge is 2.05. The highest BCUT2D eigenvalue weighted by Crippen LogP contribution is 2.19. The standard InChI is InChI=1S/C14H16N4O/c1-11-7-16-18-8-12(3-4-14(11)18)13-9-17(10-15-13)5-6-19-2/h3-4,7-10H,5-6H2,1-2H3. The summed E-state index contributed by atoms with van der Waals surface area (Å²) in [7, 11) is 1.70. The van der Waals surface area contributed by atoms with Gasteiger partial charge in [-0.25, -0.2) is 9.50 Å². The van der Waals surface area contributed by atoms with Gasteiger partial charge in [0.05, 0.1) is 30.3 Å². The molecule has 0 aliphatic rings. The predicted molar refractivity (Wildman–Crippen MR) is 73.0 cm³/mol. The van der Waals surface area contributed by atoms with Gasteiger partial charge in [-0.05, 0) is 24.6 Å². The number of hydrogen-bond acceptors (Lipinski definition) is 3. The molecule has 5 heteroatoms. The number of hydrogen-bond donors (Lipinski definition) is 0. The van der Waals surface area contributed by atoms with E-state index in [-0.39, 0.29) is 0 Å². The molecular weight excluding hydrogens is 240 g/mol. The molecule has 0 saturated heterocycles. The van der Waals surface area contributed by atoms with E-state index in [1.165, 1.54) is 5.56 Å². The summed E-state index contributed by atoms with van der Waals surface area (Å²) in [5.74, 6) is 0. The van der Waals surface area contributed by atoms with E-state index in [1.54, 1.807) is 7.11 Å². The van der Waals surface area contributed by atoms with Gasteiger partial charge in [0.2, 0.25) is 0 Å². The van der Waals surface area contributed by atoms with Crippen LogP contribution in [0.15, 0.2) is 37.1 Å². The summed E-state index contributed by atoms with van der Waals surface area (Å²) < 4.78 is 8.97. The van der Waals surface area contributed by atoms with Crippen molar-refractivity contribution in [3.05, 3.63) is 42.6 Å². The molecule has 3 aromatic rings. The first-order chi connectivity index (χ1) is 9.28. The Labute approximate surface area is 111 Å². The van der Waals surface area contributed by atoms with Crippen LogP contribution in [-0.4, -0.2) is 32.9 Å². The summed E-state index contributed by atoms with van der Waals surface area (Å²) >= 11 is 0. The van der Waals surface area contributed by atoms with Gasteiger partial charge in [0.25, 0.3) is 0 Å². The molecule has 0 radical (unpaired) electrons. The molecule has 0 N–H and O–H groups in total. The van der Waals surface area contributed by atoms with Gasteiger partial charge >= 0.3 is 0 Å². The van der Waals surface area contributed by atoms with Crippen LogP contribution < -0.4 is 0 Å². The predicted octanol–water partition coefficient (Wildman–Crippen LogP) is 2.15. The fraction of sp³-hybridized carbons (Fsp3) is 0.286. The van der Waals surface area contributed by atoms with Gasteiger partial charge in [0, 0.05) is 31.6 Å². The van der Waals surface area contributed by atoms with Crippen LogP contribution >= 0.6 is 0 Å². The third-order valence-electron chi connectivity index (χ3n) is 3.19. The molecule has 0 amide bonds. The van der Waals surface area contributed by atoms with Gasteiger partial charge in [-0.2, -0.15) is 5.10 Å². The maximum absolute atomic E-state index is 5.06. The molecule has 0 fully saturated rings. The van der Waals surface area contributed by atoms with Crippen molar-refractivity contribution < 1.29 is 4.74 Å². The van der Waals surface area contributed by atoms with Gasteiger partial charge in [0.1, 0.15) is 0 Å². The SMILES string of the molecule is COCCn1cnc(-c2ccc3c(C)cnn3c2)c1. The van der Waals surface area contributed by atoms with Gasteiger partial charge in [0.15, 0.2) is 0 Å². The fourth-order valence-corrected chi connectivity index (χ4v) is 2.09. The molecule has 19 heavy (non-hydrogen) atoms. The van der Waals surface area contributed by atoms with Crippen LogP contribution in [0.1, 0.15) is 5.56 Å².